The molecule has 1 saturated carbocycles. The van der Waals surface area contributed by atoms with Crippen molar-refractivity contribution in [2.24, 2.45) is 10.4 Å². The van der Waals surface area contributed by atoms with Crippen LogP contribution in [-0.2, 0) is 9.59 Å². The van der Waals surface area contributed by atoms with Crippen LogP contribution < -0.4 is 10.6 Å². The first-order valence-electron chi connectivity index (χ1n) is 5.71. The van der Waals surface area contributed by atoms with Crippen LogP contribution in [-0.4, -0.2) is 30.2 Å². The van der Waals surface area contributed by atoms with E-state index in [0.717, 1.165) is 6.42 Å². The SMILES string of the molecule is CC(C)NCC1=NC(=O)C2(CCC2)C(=O)N1. The Morgan fingerprint density at radius 2 is 2.12 bits per heavy atom. The molecule has 0 atom stereocenters. The van der Waals surface area contributed by atoms with Crippen molar-refractivity contribution in [2.45, 2.75) is 39.2 Å². The third kappa shape index (κ3) is 1.75. The molecule has 0 radical (unpaired) electrons. The average molecular weight is 223 g/mol. The quantitative estimate of drug-likeness (QED) is 0.672. The average Bonchev–Trinajstić information content (AvgIpc) is 2.11. The molecule has 0 aromatic heterocycles. The molecule has 1 heterocycles. The minimum absolute atomic E-state index is 0.167. The van der Waals surface area contributed by atoms with Crippen LogP contribution in [0.5, 0.6) is 0 Å². The molecule has 0 aromatic rings. The maximum absolute atomic E-state index is 11.8. The van der Waals surface area contributed by atoms with E-state index in [-0.39, 0.29) is 11.8 Å². The molecule has 1 spiro atoms. The van der Waals surface area contributed by atoms with E-state index in [1.165, 1.54) is 0 Å². The second-order valence-corrected chi connectivity index (χ2v) is 4.79. The Kier molecular flexibility index (Phi) is 2.80. The molecular weight excluding hydrogens is 206 g/mol. The highest BCUT2D eigenvalue weighted by molar-refractivity contribution is 6.19. The number of rotatable bonds is 3. The fourth-order valence-corrected chi connectivity index (χ4v) is 1.96. The fourth-order valence-electron chi connectivity index (χ4n) is 1.96. The number of hydrogen-bond donors (Lipinski definition) is 2. The van der Waals surface area contributed by atoms with Gasteiger partial charge in [-0.1, -0.05) is 20.3 Å². The van der Waals surface area contributed by atoms with Gasteiger partial charge in [-0.25, -0.2) is 0 Å². The van der Waals surface area contributed by atoms with E-state index in [1.807, 2.05) is 13.8 Å². The van der Waals surface area contributed by atoms with Gasteiger partial charge in [0, 0.05) is 6.04 Å². The zero-order valence-corrected chi connectivity index (χ0v) is 9.67. The molecule has 88 valence electrons. The van der Waals surface area contributed by atoms with Gasteiger partial charge < -0.3 is 10.6 Å². The van der Waals surface area contributed by atoms with Crippen LogP contribution in [0.4, 0.5) is 0 Å². The van der Waals surface area contributed by atoms with Crippen molar-refractivity contribution in [1.29, 1.82) is 0 Å². The summed E-state index contributed by atoms with van der Waals surface area (Å²) in [5.74, 6) is 0.0172. The van der Waals surface area contributed by atoms with Crippen LogP contribution in [0.3, 0.4) is 0 Å². The van der Waals surface area contributed by atoms with E-state index in [0.29, 0.717) is 31.3 Å². The van der Waals surface area contributed by atoms with Gasteiger partial charge >= 0.3 is 0 Å². The van der Waals surface area contributed by atoms with Gasteiger partial charge in [-0.05, 0) is 12.8 Å². The van der Waals surface area contributed by atoms with Crippen molar-refractivity contribution < 1.29 is 9.59 Å². The summed E-state index contributed by atoms with van der Waals surface area (Å²) < 4.78 is 0. The molecule has 16 heavy (non-hydrogen) atoms. The summed E-state index contributed by atoms with van der Waals surface area (Å²) in [7, 11) is 0. The largest absolute Gasteiger partial charge is 0.312 e. The van der Waals surface area contributed by atoms with Crippen LogP contribution in [0.15, 0.2) is 4.99 Å². The first kappa shape index (κ1) is 11.3. The number of hydrogen-bond acceptors (Lipinski definition) is 3. The van der Waals surface area contributed by atoms with E-state index in [2.05, 4.69) is 15.6 Å². The third-order valence-electron chi connectivity index (χ3n) is 3.22. The third-order valence-corrected chi connectivity index (χ3v) is 3.22. The second-order valence-electron chi connectivity index (χ2n) is 4.79. The molecular formula is C11H17N3O2. The molecule has 0 bridgehead atoms. The van der Waals surface area contributed by atoms with Gasteiger partial charge in [0.25, 0.3) is 5.91 Å². The highest BCUT2D eigenvalue weighted by Gasteiger charge is 2.52. The van der Waals surface area contributed by atoms with Gasteiger partial charge in [-0.15, -0.1) is 0 Å². The normalized spacial score (nSPS) is 23.1. The summed E-state index contributed by atoms with van der Waals surface area (Å²) >= 11 is 0. The monoisotopic (exact) mass is 223 g/mol. The zero-order valence-electron chi connectivity index (χ0n) is 9.67. The molecule has 1 aliphatic carbocycles. The van der Waals surface area contributed by atoms with Crippen molar-refractivity contribution in [2.75, 3.05) is 6.54 Å². The van der Waals surface area contributed by atoms with Gasteiger partial charge in [0.1, 0.15) is 11.3 Å². The minimum Gasteiger partial charge on any atom is -0.312 e. The summed E-state index contributed by atoms with van der Waals surface area (Å²) in [6.07, 6.45) is 2.23. The number of amidine groups is 1. The molecule has 0 unspecified atom stereocenters. The van der Waals surface area contributed by atoms with Crippen LogP contribution in [0.25, 0.3) is 0 Å². The molecule has 5 nitrogen and oxygen atoms in total. The van der Waals surface area contributed by atoms with Crippen molar-refractivity contribution in [1.82, 2.24) is 10.6 Å². The maximum Gasteiger partial charge on any atom is 0.263 e. The summed E-state index contributed by atoms with van der Waals surface area (Å²) in [4.78, 5) is 27.6. The minimum atomic E-state index is -0.818. The van der Waals surface area contributed by atoms with Crippen molar-refractivity contribution in [3.63, 3.8) is 0 Å². The fraction of sp³-hybridized carbons (Fsp3) is 0.727. The molecule has 0 aromatic carbocycles. The van der Waals surface area contributed by atoms with Crippen LogP contribution >= 0.6 is 0 Å². The molecule has 1 fully saturated rings. The Morgan fingerprint density at radius 3 is 2.56 bits per heavy atom. The highest BCUT2D eigenvalue weighted by atomic mass is 16.2. The van der Waals surface area contributed by atoms with E-state index in [4.69, 9.17) is 0 Å². The summed E-state index contributed by atoms with van der Waals surface area (Å²) in [6, 6.07) is 0.300. The number of aliphatic imine (C=N–C) groups is 1. The lowest BCUT2D eigenvalue weighted by Gasteiger charge is -2.39. The number of nitrogens with zero attached hydrogens (tertiary/aromatic N) is 1. The van der Waals surface area contributed by atoms with Gasteiger partial charge in [0.2, 0.25) is 5.91 Å². The Hall–Kier alpha value is -1.23. The molecule has 2 rings (SSSR count). The lowest BCUT2D eigenvalue weighted by Crippen LogP contribution is -2.57. The number of carbonyl (C=O) groups is 2. The standard InChI is InChI=1S/C11H17N3O2/c1-7(2)12-6-8-13-9(15)11(4-3-5-11)10(16)14-8/h7,12H,3-6H2,1-2H3,(H,13,14,15,16). The Morgan fingerprint density at radius 1 is 1.44 bits per heavy atom. The van der Waals surface area contributed by atoms with Crippen molar-refractivity contribution in [3.05, 3.63) is 0 Å². The first-order chi connectivity index (χ1) is 7.54. The van der Waals surface area contributed by atoms with Crippen LogP contribution in [0.1, 0.15) is 33.1 Å². The molecule has 0 saturated heterocycles. The molecule has 2 aliphatic rings. The van der Waals surface area contributed by atoms with Gasteiger partial charge in [0.05, 0.1) is 6.54 Å². The van der Waals surface area contributed by atoms with Crippen molar-refractivity contribution >= 4 is 17.6 Å². The Labute approximate surface area is 94.7 Å². The predicted octanol–water partition coefficient (Wildman–Crippen LogP) is 0.210. The molecule has 2 N–H and O–H groups in total. The van der Waals surface area contributed by atoms with E-state index >= 15 is 0 Å². The number of nitrogens with one attached hydrogen (secondary N) is 2. The zero-order chi connectivity index (χ0) is 11.8. The van der Waals surface area contributed by atoms with Crippen LogP contribution in [0.2, 0.25) is 0 Å². The van der Waals surface area contributed by atoms with Gasteiger partial charge in [-0.2, -0.15) is 4.99 Å². The summed E-state index contributed by atoms with van der Waals surface area (Å²) in [6.45, 7) is 4.44. The van der Waals surface area contributed by atoms with Gasteiger partial charge in [0.15, 0.2) is 0 Å². The Balaban J connectivity index is 2.06. The highest BCUT2D eigenvalue weighted by Crippen LogP contribution is 2.43. The first-order valence-corrected chi connectivity index (χ1v) is 5.71. The topological polar surface area (TPSA) is 70.6 Å². The predicted molar refractivity (Wildman–Crippen MR) is 60.0 cm³/mol. The van der Waals surface area contributed by atoms with E-state index in [9.17, 15) is 9.59 Å². The lowest BCUT2D eigenvalue weighted by atomic mass is 9.67. The maximum atomic E-state index is 11.8. The summed E-state index contributed by atoms with van der Waals surface area (Å²) in [5, 5.41) is 5.84. The van der Waals surface area contributed by atoms with E-state index in [1.54, 1.807) is 0 Å². The lowest BCUT2D eigenvalue weighted by molar-refractivity contribution is -0.147. The van der Waals surface area contributed by atoms with E-state index < -0.39 is 5.41 Å². The van der Waals surface area contributed by atoms with Crippen molar-refractivity contribution in [3.8, 4) is 0 Å². The number of carbonyl (C=O) groups excluding carboxylic acids is 2. The number of amides is 2. The second kappa shape index (κ2) is 3.97. The molecule has 5 heteroatoms. The Bertz CT molecular complexity index is 356. The van der Waals surface area contributed by atoms with Crippen LogP contribution in [0, 0.1) is 5.41 Å². The molecule has 1 aliphatic heterocycles. The van der Waals surface area contributed by atoms with Gasteiger partial charge in [-0.3, -0.25) is 9.59 Å². The summed E-state index contributed by atoms with van der Waals surface area (Å²) in [5.41, 5.74) is -0.818. The smallest absolute Gasteiger partial charge is 0.263 e. The molecule has 2 amide bonds.